The Morgan fingerprint density at radius 2 is 1.78 bits per heavy atom. The van der Waals surface area contributed by atoms with Crippen molar-refractivity contribution in [3.05, 3.63) is 65.5 Å². The third kappa shape index (κ3) is 3.82. The van der Waals surface area contributed by atoms with Gasteiger partial charge in [0.2, 0.25) is 6.79 Å². The summed E-state index contributed by atoms with van der Waals surface area (Å²) in [7, 11) is 0. The molecule has 1 aliphatic rings. The van der Waals surface area contributed by atoms with E-state index in [0.29, 0.717) is 28.5 Å². The van der Waals surface area contributed by atoms with Gasteiger partial charge in [-0.25, -0.2) is 9.97 Å². The molecule has 0 saturated carbocycles. The number of nitrogens with one attached hydrogen (secondary N) is 1. The van der Waals surface area contributed by atoms with Crippen molar-refractivity contribution in [1.29, 1.82) is 0 Å². The lowest BCUT2D eigenvalue weighted by atomic mass is 10.2. The summed E-state index contributed by atoms with van der Waals surface area (Å²) in [5, 5.41) is 2.84. The molecule has 0 atom stereocenters. The number of carbonyl (C=O) groups excluding carboxylic acids is 1. The maximum absolute atomic E-state index is 12.5. The molecule has 136 valence electrons. The summed E-state index contributed by atoms with van der Waals surface area (Å²) in [5.74, 6) is 1.47. The van der Waals surface area contributed by atoms with E-state index in [2.05, 4.69) is 15.3 Å². The van der Waals surface area contributed by atoms with Crippen molar-refractivity contribution in [2.75, 3.05) is 12.1 Å². The number of fused-ring (bicyclic) bond motifs is 1. The molecule has 27 heavy (non-hydrogen) atoms. The fourth-order valence-electron chi connectivity index (χ4n) is 2.72. The third-order valence-corrected chi connectivity index (χ3v) is 3.90. The average Bonchev–Trinajstić information content (AvgIpc) is 3.08. The monoisotopic (exact) mass is 363 g/mol. The van der Waals surface area contributed by atoms with E-state index in [4.69, 9.17) is 14.2 Å². The van der Waals surface area contributed by atoms with Crippen molar-refractivity contribution in [1.82, 2.24) is 9.97 Å². The van der Waals surface area contributed by atoms with E-state index in [1.807, 2.05) is 19.9 Å². The Morgan fingerprint density at radius 3 is 2.59 bits per heavy atom. The largest absolute Gasteiger partial charge is 0.454 e. The quantitative estimate of drug-likeness (QED) is 0.758. The topological polar surface area (TPSA) is 82.6 Å². The van der Waals surface area contributed by atoms with Gasteiger partial charge in [-0.15, -0.1) is 0 Å². The van der Waals surface area contributed by atoms with E-state index < -0.39 is 0 Å². The smallest absolute Gasteiger partial charge is 0.322 e. The van der Waals surface area contributed by atoms with E-state index in [0.717, 1.165) is 11.4 Å². The predicted molar refractivity (Wildman–Crippen MR) is 98.5 cm³/mol. The molecular formula is C20H17N3O4. The van der Waals surface area contributed by atoms with E-state index in [1.54, 1.807) is 42.5 Å². The van der Waals surface area contributed by atoms with Gasteiger partial charge in [-0.3, -0.25) is 4.79 Å². The van der Waals surface area contributed by atoms with Crippen LogP contribution in [-0.4, -0.2) is 22.7 Å². The number of carbonyl (C=O) groups is 1. The summed E-state index contributed by atoms with van der Waals surface area (Å²) in [6.07, 6.45) is 0. The number of aryl methyl sites for hydroxylation is 2. The highest BCUT2D eigenvalue weighted by molar-refractivity contribution is 6.04. The molecule has 7 nitrogen and oxygen atoms in total. The van der Waals surface area contributed by atoms with Crippen LogP contribution in [0.5, 0.6) is 23.3 Å². The van der Waals surface area contributed by atoms with Gasteiger partial charge in [0.1, 0.15) is 5.75 Å². The number of ether oxygens (including phenoxy) is 3. The van der Waals surface area contributed by atoms with Gasteiger partial charge in [0, 0.05) is 28.7 Å². The molecule has 0 fully saturated rings. The maximum atomic E-state index is 12.5. The van der Waals surface area contributed by atoms with Gasteiger partial charge in [-0.05, 0) is 50.2 Å². The van der Waals surface area contributed by atoms with Crippen LogP contribution in [0.25, 0.3) is 0 Å². The predicted octanol–water partition coefficient (Wildman–Crippen LogP) is 3.87. The summed E-state index contributed by atoms with van der Waals surface area (Å²) in [6, 6.07) is 14.2. The molecule has 2 aromatic carbocycles. The summed E-state index contributed by atoms with van der Waals surface area (Å²) in [4.78, 5) is 21.0. The van der Waals surface area contributed by atoms with Crippen LogP contribution in [0.2, 0.25) is 0 Å². The first kappa shape index (κ1) is 16.8. The van der Waals surface area contributed by atoms with Crippen LogP contribution in [0, 0.1) is 13.8 Å². The minimum atomic E-state index is -0.256. The van der Waals surface area contributed by atoms with E-state index >= 15 is 0 Å². The molecule has 1 N–H and O–H groups in total. The molecule has 0 unspecified atom stereocenters. The third-order valence-electron chi connectivity index (χ3n) is 3.90. The van der Waals surface area contributed by atoms with Crippen LogP contribution in [0.4, 0.5) is 5.69 Å². The summed E-state index contributed by atoms with van der Waals surface area (Å²) >= 11 is 0. The molecule has 1 aliphatic heterocycles. The zero-order valence-corrected chi connectivity index (χ0v) is 14.9. The maximum Gasteiger partial charge on any atom is 0.322 e. The first-order valence-electron chi connectivity index (χ1n) is 8.38. The molecule has 1 amide bonds. The number of anilines is 1. The van der Waals surface area contributed by atoms with Gasteiger partial charge < -0.3 is 19.5 Å². The lowest BCUT2D eigenvalue weighted by Crippen LogP contribution is -2.11. The molecule has 0 radical (unpaired) electrons. The van der Waals surface area contributed by atoms with Crippen LogP contribution < -0.4 is 19.5 Å². The van der Waals surface area contributed by atoms with Gasteiger partial charge >= 0.3 is 6.01 Å². The van der Waals surface area contributed by atoms with Crippen LogP contribution in [-0.2, 0) is 0 Å². The normalized spacial score (nSPS) is 11.9. The van der Waals surface area contributed by atoms with Crippen molar-refractivity contribution in [2.45, 2.75) is 13.8 Å². The van der Waals surface area contributed by atoms with Crippen molar-refractivity contribution in [2.24, 2.45) is 0 Å². The minimum Gasteiger partial charge on any atom is -0.454 e. The van der Waals surface area contributed by atoms with Gasteiger partial charge in [0.25, 0.3) is 5.91 Å². The molecule has 0 aliphatic carbocycles. The molecule has 7 heteroatoms. The average molecular weight is 363 g/mol. The first-order chi connectivity index (χ1) is 13.1. The van der Waals surface area contributed by atoms with Gasteiger partial charge in [-0.2, -0.15) is 0 Å². The van der Waals surface area contributed by atoms with Crippen LogP contribution in [0.3, 0.4) is 0 Å². The molecular weight excluding hydrogens is 346 g/mol. The Hall–Kier alpha value is -3.61. The lowest BCUT2D eigenvalue weighted by molar-refractivity contribution is 0.102. The second kappa shape index (κ2) is 6.95. The highest BCUT2D eigenvalue weighted by Gasteiger charge is 2.16. The van der Waals surface area contributed by atoms with Crippen LogP contribution >= 0.6 is 0 Å². The molecule has 0 spiro atoms. The van der Waals surface area contributed by atoms with Crippen molar-refractivity contribution >= 4 is 11.6 Å². The molecule has 3 aromatic rings. The zero-order chi connectivity index (χ0) is 18.8. The van der Waals surface area contributed by atoms with Gasteiger partial charge in [-0.1, -0.05) is 6.07 Å². The number of hydrogen-bond donors (Lipinski definition) is 1. The number of benzene rings is 2. The number of nitrogens with zero attached hydrogens (tertiary/aromatic N) is 2. The molecule has 1 aromatic heterocycles. The fraction of sp³-hybridized carbons (Fsp3) is 0.150. The fourth-order valence-corrected chi connectivity index (χ4v) is 2.72. The number of aromatic nitrogens is 2. The Balaban J connectivity index is 1.49. The highest BCUT2D eigenvalue weighted by atomic mass is 16.7. The van der Waals surface area contributed by atoms with Crippen molar-refractivity contribution < 1.29 is 19.0 Å². The number of amides is 1. The Labute approximate surface area is 155 Å². The van der Waals surface area contributed by atoms with E-state index in [9.17, 15) is 4.79 Å². The second-order valence-electron chi connectivity index (χ2n) is 6.09. The van der Waals surface area contributed by atoms with Gasteiger partial charge in [0.15, 0.2) is 11.5 Å². The summed E-state index contributed by atoms with van der Waals surface area (Å²) in [6.45, 7) is 3.92. The van der Waals surface area contributed by atoms with E-state index in [1.165, 1.54) is 0 Å². The number of rotatable bonds is 4. The Morgan fingerprint density at radius 1 is 1.00 bits per heavy atom. The van der Waals surface area contributed by atoms with Gasteiger partial charge in [0.05, 0.1) is 0 Å². The molecule has 2 heterocycles. The van der Waals surface area contributed by atoms with Crippen molar-refractivity contribution in [3.8, 4) is 23.3 Å². The summed E-state index contributed by atoms with van der Waals surface area (Å²) < 4.78 is 16.3. The number of hydrogen-bond acceptors (Lipinski definition) is 6. The lowest BCUT2D eigenvalue weighted by Gasteiger charge is -2.09. The van der Waals surface area contributed by atoms with Crippen LogP contribution in [0.15, 0.2) is 48.5 Å². The zero-order valence-electron chi connectivity index (χ0n) is 14.9. The van der Waals surface area contributed by atoms with Crippen molar-refractivity contribution in [3.63, 3.8) is 0 Å². The molecule has 0 bridgehead atoms. The minimum absolute atomic E-state index is 0.167. The second-order valence-corrected chi connectivity index (χ2v) is 6.09. The Kier molecular flexibility index (Phi) is 4.33. The van der Waals surface area contributed by atoms with E-state index in [-0.39, 0.29) is 18.7 Å². The Bertz CT molecular complexity index is 1000. The highest BCUT2D eigenvalue weighted by Crippen LogP contribution is 2.32. The molecule has 4 rings (SSSR count). The molecule has 0 saturated heterocycles. The standard InChI is InChI=1S/C20H17N3O4/c1-12-8-13(2)22-20(21-12)27-16-5-3-4-15(10-16)23-19(24)14-6-7-17-18(9-14)26-11-25-17/h3-10H,11H2,1-2H3,(H,23,24). The summed E-state index contributed by atoms with van der Waals surface area (Å²) in [5.41, 5.74) is 2.72. The van der Waals surface area contributed by atoms with Crippen LogP contribution in [0.1, 0.15) is 21.7 Å². The SMILES string of the molecule is Cc1cc(C)nc(Oc2cccc(NC(=O)c3ccc4c(c3)OCO4)c2)n1. The first-order valence-corrected chi connectivity index (χ1v) is 8.38.